The molecule has 0 amide bonds. The lowest BCUT2D eigenvalue weighted by Crippen LogP contribution is -2.03. The summed E-state index contributed by atoms with van der Waals surface area (Å²) in [6.07, 6.45) is 0. The summed E-state index contributed by atoms with van der Waals surface area (Å²) in [5.74, 6) is 0.642. The topological polar surface area (TPSA) is 93.2 Å². The molecule has 0 saturated heterocycles. The van der Waals surface area contributed by atoms with E-state index in [1.54, 1.807) is 18.2 Å². The summed E-state index contributed by atoms with van der Waals surface area (Å²) >= 11 is 0. The van der Waals surface area contributed by atoms with Gasteiger partial charge in [0.1, 0.15) is 0 Å². The lowest BCUT2D eigenvalue weighted by molar-refractivity contribution is -0.0512. The molecule has 1 heterocycles. The van der Waals surface area contributed by atoms with E-state index in [4.69, 9.17) is 14.5 Å². The highest BCUT2D eigenvalue weighted by molar-refractivity contribution is 5.60. The molecule has 7 nitrogen and oxygen atoms in total. The molecular formula is C18H14F2N4O3. The van der Waals surface area contributed by atoms with Crippen LogP contribution >= 0.6 is 0 Å². The summed E-state index contributed by atoms with van der Waals surface area (Å²) in [5, 5.41) is 15.9. The molecule has 0 spiro atoms. The van der Waals surface area contributed by atoms with Crippen molar-refractivity contribution in [3.8, 4) is 29.0 Å². The van der Waals surface area contributed by atoms with Crippen LogP contribution in [0.1, 0.15) is 11.5 Å². The number of halogens is 2. The van der Waals surface area contributed by atoms with E-state index in [9.17, 15) is 8.78 Å². The minimum absolute atomic E-state index is 0.0843. The van der Waals surface area contributed by atoms with E-state index in [1.165, 1.54) is 25.3 Å². The molecule has 0 radical (unpaired) electrons. The zero-order valence-electron chi connectivity index (χ0n) is 14.1. The molecule has 3 rings (SSSR count). The first-order valence-corrected chi connectivity index (χ1v) is 7.79. The highest BCUT2D eigenvalue weighted by atomic mass is 19.3. The highest BCUT2D eigenvalue weighted by Gasteiger charge is 2.14. The number of aromatic nitrogens is 2. The van der Waals surface area contributed by atoms with Crippen LogP contribution < -0.4 is 14.8 Å². The Hall–Kier alpha value is -3.67. The number of alkyl halides is 2. The van der Waals surface area contributed by atoms with Crippen LogP contribution in [0.15, 0.2) is 47.0 Å². The van der Waals surface area contributed by atoms with Gasteiger partial charge < -0.3 is 19.3 Å². The maximum absolute atomic E-state index is 12.4. The third-order valence-corrected chi connectivity index (χ3v) is 3.54. The number of hydrogen-bond donors (Lipinski definition) is 1. The Kier molecular flexibility index (Phi) is 5.47. The van der Waals surface area contributed by atoms with Gasteiger partial charge in [-0.25, -0.2) is 0 Å². The monoisotopic (exact) mass is 372 g/mol. The van der Waals surface area contributed by atoms with Gasteiger partial charge in [-0.1, -0.05) is 11.2 Å². The molecule has 9 heteroatoms. The highest BCUT2D eigenvalue weighted by Crippen LogP contribution is 2.32. The third-order valence-electron chi connectivity index (χ3n) is 3.54. The number of hydrogen-bond acceptors (Lipinski definition) is 7. The second-order valence-corrected chi connectivity index (χ2v) is 5.30. The lowest BCUT2D eigenvalue weighted by atomic mass is 10.2. The molecule has 0 fully saturated rings. The van der Waals surface area contributed by atoms with Crippen molar-refractivity contribution in [1.82, 2.24) is 10.1 Å². The number of ether oxygens (including phenoxy) is 2. The lowest BCUT2D eigenvalue weighted by Gasteiger charge is -2.10. The van der Waals surface area contributed by atoms with Crippen LogP contribution in [-0.2, 0) is 6.54 Å². The molecule has 27 heavy (non-hydrogen) atoms. The van der Waals surface area contributed by atoms with Gasteiger partial charge in [-0.15, -0.1) is 0 Å². The van der Waals surface area contributed by atoms with E-state index < -0.39 is 6.61 Å². The van der Waals surface area contributed by atoms with E-state index in [2.05, 4.69) is 26.3 Å². The van der Waals surface area contributed by atoms with Crippen LogP contribution in [0.2, 0.25) is 0 Å². The van der Waals surface area contributed by atoms with Crippen LogP contribution in [0.3, 0.4) is 0 Å². The number of nitriles is 1. The fraction of sp³-hybridized carbons (Fsp3) is 0.167. The van der Waals surface area contributed by atoms with Gasteiger partial charge in [0.05, 0.1) is 25.3 Å². The largest absolute Gasteiger partial charge is 0.493 e. The molecule has 0 bridgehead atoms. The smallest absolute Gasteiger partial charge is 0.387 e. The van der Waals surface area contributed by atoms with Crippen molar-refractivity contribution in [1.29, 1.82) is 5.26 Å². The SMILES string of the molecule is COc1cc(-c2noc(CNc3cccc(C#N)c3)n2)ccc1OC(F)F. The van der Waals surface area contributed by atoms with Crippen molar-refractivity contribution in [2.45, 2.75) is 13.2 Å². The number of benzene rings is 2. The van der Waals surface area contributed by atoms with Crippen LogP contribution in [0.5, 0.6) is 11.5 Å². The summed E-state index contributed by atoms with van der Waals surface area (Å²) < 4.78 is 39.4. The van der Waals surface area contributed by atoms with Crippen molar-refractivity contribution in [3.63, 3.8) is 0 Å². The molecule has 0 aliphatic heterocycles. The van der Waals surface area contributed by atoms with Crippen molar-refractivity contribution >= 4 is 5.69 Å². The van der Waals surface area contributed by atoms with Crippen molar-refractivity contribution in [2.75, 3.05) is 12.4 Å². The van der Waals surface area contributed by atoms with Crippen LogP contribution in [0.25, 0.3) is 11.4 Å². The normalized spacial score (nSPS) is 10.5. The summed E-state index contributed by atoms with van der Waals surface area (Å²) in [7, 11) is 1.35. The van der Waals surface area contributed by atoms with E-state index in [0.29, 0.717) is 17.0 Å². The van der Waals surface area contributed by atoms with Gasteiger partial charge in [0.2, 0.25) is 11.7 Å². The first kappa shape index (κ1) is 18.1. The Bertz CT molecular complexity index is 969. The predicted octanol–water partition coefficient (Wildman–Crippen LogP) is 3.83. The van der Waals surface area contributed by atoms with E-state index >= 15 is 0 Å². The van der Waals surface area contributed by atoms with Gasteiger partial charge in [-0.3, -0.25) is 0 Å². The van der Waals surface area contributed by atoms with Gasteiger partial charge in [-0.2, -0.15) is 19.0 Å². The molecule has 138 valence electrons. The van der Waals surface area contributed by atoms with Crippen LogP contribution in [0.4, 0.5) is 14.5 Å². The molecule has 0 aliphatic carbocycles. The van der Waals surface area contributed by atoms with Crippen LogP contribution in [-0.4, -0.2) is 23.9 Å². The Balaban J connectivity index is 1.72. The second-order valence-electron chi connectivity index (χ2n) is 5.30. The number of methoxy groups -OCH3 is 1. The van der Waals surface area contributed by atoms with E-state index in [0.717, 1.165) is 5.69 Å². The van der Waals surface area contributed by atoms with Crippen molar-refractivity contribution in [3.05, 3.63) is 53.9 Å². The van der Waals surface area contributed by atoms with Crippen LogP contribution in [0, 0.1) is 11.3 Å². The molecule has 0 saturated carbocycles. The molecule has 1 N–H and O–H groups in total. The van der Waals surface area contributed by atoms with Gasteiger partial charge in [0.25, 0.3) is 0 Å². The maximum Gasteiger partial charge on any atom is 0.387 e. The minimum Gasteiger partial charge on any atom is -0.493 e. The Morgan fingerprint density at radius 1 is 1.22 bits per heavy atom. The van der Waals surface area contributed by atoms with E-state index in [-0.39, 0.29) is 23.9 Å². The predicted molar refractivity (Wildman–Crippen MR) is 91.4 cm³/mol. The summed E-state index contributed by atoms with van der Waals surface area (Å²) in [4.78, 5) is 4.25. The zero-order chi connectivity index (χ0) is 19.2. The molecule has 3 aromatic rings. The average Bonchev–Trinajstić information content (AvgIpc) is 3.15. The van der Waals surface area contributed by atoms with Crippen molar-refractivity contribution < 1.29 is 22.8 Å². The van der Waals surface area contributed by atoms with Crippen molar-refractivity contribution in [2.24, 2.45) is 0 Å². The Morgan fingerprint density at radius 3 is 2.81 bits per heavy atom. The molecule has 0 atom stereocenters. The van der Waals surface area contributed by atoms with Gasteiger partial charge in [-0.05, 0) is 36.4 Å². The minimum atomic E-state index is -2.95. The third kappa shape index (κ3) is 4.49. The Labute approximate surface area is 153 Å². The molecule has 0 unspecified atom stereocenters. The number of anilines is 1. The number of rotatable bonds is 7. The first-order valence-electron chi connectivity index (χ1n) is 7.79. The zero-order valence-corrected chi connectivity index (χ0v) is 14.1. The molecular weight excluding hydrogens is 358 g/mol. The maximum atomic E-state index is 12.4. The molecule has 1 aromatic heterocycles. The number of nitrogens with zero attached hydrogens (tertiary/aromatic N) is 3. The fourth-order valence-electron chi connectivity index (χ4n) is 2.32. The summed E-state index contributed by atoms with van der Waals surface area (Å²) in [6, 6.07) is 13.4. The average molecular weight is 372 g/mol. The second kappa shape index (κ2) is 8.14. The number of nitrogens with one attached hydrogen (secondary N) is 1. The molecule has 0 aliphatic rings. The standard InChI is InChI=1S/C18H14F2N4O3/c1-25-15-8-12(5-6-14(15)26-18(19)20)17-23-16(27-24-17)10-22-13-4-2-3-11(7-13)9-21/h2-8,18,22H,10H2,1H3. The van der Waals surface area contributed by atoms with E-state index in [1.807, 2.05) is 6.07 Å². The quantitative estimate of drug-likeness (QED) is 0.674. The summed E-state index contributed by atoms with van der Waals surface area (Å²) in [5.41, 5.74) is 1.79. The molecule has 2 aromatic carbocycles. The summed E-state index contributed by atoms with van der Waals surface area (Å²) in [6.45, 7) is -2.70. The van der Waals surface area contributed by atoms with Gasteiger partial charge in [0.15, 0.2) is 11.5 Å². The first-order chi connectivity index (χ1) is 13.1. The van der Waals surface area contributed by atoms with Gasteiger partial charge in [0, 0.05) is 11.3 Å². The Morgan fingerprint density at radius 2 is 2.07 bits per heavy atom. The van der Waals surface area contributed by atoms with Gasteiger partial charge >= 0.3 is 6.61 Å². The fourth-order valence-corrected chi connectivity index (χ4v) is 2.32.